The number of aryl methyl sites for hydroxylation is 1. The summed E-state index contributed by atoms with van der Waals surface area (Å²) in [5.41, 5.74) is 7.81. The van der Waals surface area contributed by atoms with Crippen LogP contribution in [0.5, 0.6) is 0 Å². The quantitative estimate of drug-likeness (QED) is 0.902. The summed E-state index contributed by atoms with van der Waals surface area (Å²) in [4.78, 5) is 14.7. The minimum atomic E-state index is 0.149. The molecule has 4 nitrogen and oxygen atoms in total. The first-order valence-electron chi connectivity index (χ1n) is 7.88. The number of rotatable bonds is 2. The Morgan fingerprint density at radius 2 is 1.90 bits per heavy atom. The van der Waals surface area contributed by atoms with E-state index in [0.29, 0.717) is 11.1 Å². The fraction of sp³-hybridized carbons (Fsp3) is 0.688. The molecular weight excluding hydrogens is 250 g/mol. The summed E-state index contributed by atoms with van der Waals surface area (Å²) in [6.45, 7) is 4.65. The molecule has 2 fully saturated rings. The first-order valence-corrected chi connectivity index (χ1v) is 7.88. The molecule has 1 saturated heterocycles. The van der Waals surface area contributed by atoms with Gasteiger partial charge in [0.15, 0.2) is 0 Å². The third-order valence-corrected chi connectivity index (χ3v) is 5.25. The van der Waals surface area contributed by atoms with Crippen molar-refractivity contribution in [3.63, 3.8) is 0 Å². The summed E-state index contributed by atoms with van der Waals surface area (Å²) in [6.07, 6.45) is 9.71. The lowest BCUT2D eigenvalue weighted by Crippen LogP contribution is -2.42. The van der Waals surface area contributed by atoms with Gasteiger partial charge in [0.1, 0.15) is 5.69 Å². The smallest absolute Gasteiger partial charge is 0.270 e. The summed E-state index contributed by atoms with van der Waals surface area (Å²) in [5, 5.41) is 0. The van der Waals surface area contributed by atoms with Crippen molar-refractivity contribution < 1.29 is 4.79 Å². The Kier molecular flexibility index (Phi) is 3.48. The van der Waals surface area contributed by atoms with E-state index < -0.39 is 0 Å². The van der Waals surface area contributed by atoms with Gasteiger partial charge in [-0.25, -0.2) is 0 Å². The summed E-state index contributed by atoms with van der Waals surface area (Å²) in [5.74, 6) is 0.149. The number of carbonyl (C=O) groups excluding carboxylic acids is 1. The number of piperidine rings is 1. The number of hydrogen-bond acceptors (Lipinski definition) is 2. The van der Waals surface area contributed by atoms with Crippen molar-refractivity contribution in [2.75, 3.05) is 18.8 Å². The van der Waals surface area contributed by atoms with E-state index in [2.05, 4.69) is 0 Å². The van der Waals surface area contributed by atoms with Gasteiger partial charge < -0.3 is 15.2 Å². The maximum Gasteiger partial charge on any atom is 0.270 e. The second kappa shape index (κ2) is 5.15. The van der Waals surface area contributed by atoms with Crippen LogP contribution in [-0.2, 0) is 6.54 Å². The van der Waals surface area contributed by atoms with E-state index in [-0.39, 0.29) is 5.91 Å². The van der Waals surface area contributed by atoms with Crippen molar-refractivity contribution in [2.45, 2.75) is 52.0 Å². The van der Waals surface area contributed by atoms with Crippen LogP contribution in [0.1, 0.15) is 55.9 Å². The first-order chi connectivity index (χ1) is 9.63. The highest BCUT2D eigenvalue weighted by atomic mass is 16.2. The summed E-state index contributed by atoms with van der Waals surface area (Å²) >= 11 is 0. The van der Waals surface area contributed by atoms with Gasteiger partial charge in [0, 0.05) is 25.8 Å². The van der Waals surface area contributed by atoms with Gasteiger partial charge in [-0.2, -0.15) is 0 Å². The number of nitrogens with zero attached hydrogens (tertiary/aromatic N) is 2. The van der Waals surface area contributed by atoms with Crippen molar-refractivity contribution in [2.24, 2.45) is 5.41 Å². The fourth-order valence-corrected chi connectivity index (χ4v) is 3.94. The van der Waals surface area contributed by atoms with E-state index in [0.717, 1.165) is 25.3 Å². The molecule has 0 atom stereocenters. The normalized spacial score (nSPS) is 21.6. The lowest BCUT2D eigenvalue weighted by Gasteiger charge is -2.39. The van der Waals surface area contributed by atoms with Crippen LogP contribution in [0.25, 0.3) is 0 Å². The number of nitrogens with two attached hydrogens (primary N) is 1. The van der Waals surface area contributed by atoms with Gasteiger partial charge in [-0.1, -0.05) is 12.8 Å². The lowest BCUT2D eigenvalue weighted by molar-refractivity contribution is 0.0577. The van der Waals surface area contributed by atoms with Crippen LogP contribution in [0.2, 0.25) is 0 Å². The molecule has 1 aromatic rings. The van der Waals surface area contributed by atoms with Crippen LogP contribution in [0.4, 0.5) is 5.69 Å². The molecule has 1 aliphatic heterocycles. The van der Waals surface area contributed by atoms with Crippen LogP contribution < -0.4 is 5.73 Å². The largest absolute Gasteiger partial charge is 0.397 e. The van der Waals surface area contributed by atoms with Crippen LogP contribution in [0, 0.1) is 5.41 Å². The Balaban J connectivity index is 1.69. The van der Waals surface area contributed by atoms with Crippen molar-refractivity contribution in [1.29, 1.82) is 0 Å². The third kappa shape index (κ3) is 2.32. The predicted molar refractivity (Wildman–Crippen MR) is 80.6 cm³/mol. The molecular formula is C16H25N3O. The average molecular weight is 275 g/mol. The molecule has 3 rings (SSSR count). The highest BCUT2D eigenvalue weighted by Gasteiger charge is 2.38. The second-order valence-electron chi connectivity index (χ2n) is 6.44. The Bertz CT molecular complexity index is 490. The number of amides is 1. The number of aromatic nitrogens is 1. The van der Waals surface area contributed by atoms with E-state index in [1.54, 1.807) is 0 Å². The number of hydrogen-bond donors (Lipinski definition) is 1. The maximum atomic E-state index is 12.6. The molecule has 110 valence electrons. The van der Waals surface area contributed by atoms with Crippen molar-refractivity contribution >= 4 is 11.6 Å². The zero-order valence-corrected chi connectivity index (χ0v) is 12.4. The Hall–Kier alpha value is -1.45. The second-order valence-corrected chi connectivity index (χ2v) is 6.44. The highest BCUT2D eigenvalue weighted by molar-refractivity contribution is 5.94. The highest BCUT2D eigenvalue weighted by Crippen LogP contribution is 2.46. The van der Waals surface area contributed by atoms with Crippen LogP contribution in [0.15, 0.2) is 12.3 Å². The van der Waals surface area contributed by atoms with E-state index in [1.165, 1.54) is 38.5 Å². The Labute approximate surface area is 120 Å². The number of likely N-dealkylation sites (tertiary alicyclic amines) is 1. The molecule has 20 heavy (non-hydrogen) atoms. The topological polar surface area (TPSA) is 51.3 Å². The van der Waals surface area contributed by atoms with E-state index in [4.69, 9.17) is 5.73 Å². The number of carbonyl (C=O) groups is 1. The van der Waals surface area contributed by atoms with Gasteiger partial charge in [0.25, 0.3) is 5.91 Å². The minimum Gasteiger partial charge on any atom is -0.397 e. The van der Waals surface area contributed by atoms with E-state index in [1.807, 2.05) is 28.7 Å². The van der Waals surface area contributed by atoms with Crippen LogP contribution in [-0.4, -0.2) is 28.5 Å². The molecule has 2 aliphatic rings. The minimum absolute atomic E-state index is 0.149. The average Bonchev–Trinajstić information content (AvgIpc) is 3.06. The SMILES string of the molecule is CCn1cc(N)cc1C(=O)N1CCC2(CCCC2)CC1. The Morgan fingerprint density at radius 3 is 2.50 bits per heavy atom. The van der Waals surface area contributed by atoms with Crippen molar-refractivity contribution in [3.8, 4) is 0 Å². The van der Waals surface area contributed by atoms with Crippen molar-refractivity contribution in [3.05, 3.63) is 18.0 Å². The predicted octanol–water partition coefficient (Wildman–Crippen LogP) is 2.89. The molecule has 2 N–H and O–H groups in total. The van der Waals surface area contributed by atoms with Gasteiger partial charge in [0.05, 0.1) is 5.69 Å². The summed E-state index contributed by atoms with van der Waals surface area (Å²) < 4.78 is 1.96. The zero-order chi connectivity index (χ0) is 14.2. The van der Waals surface area contributed by atoms with Gasteiger partial charge in [0.2, 0.25) is 0 Å². The molecule has 4 heteroatoms. The third-order valence-electron chi connectivity index (χ3n) is 5.25. The molecule has 1 saturated carbocycles. The molecule has 0 unspecified atom stereocenters. The lowest BCUT2D eigenvalue weighted by atomic mass is 9.77. The summed E-state index contributed by atoms with van der Waals surface area (Å²) in [7, 11) is 0. The Morgan fingerprint density at radius 1 is 1.25 bits per heavy atom. The number of anilines is 1. The van der Waals surface area contributed by atoms with Gasteiger partial charge in [-0.3, -0.25) is 4.79 Å². The molecule has 0 aromatic carbocycles. The summed E-state index contributed by atoms with van der Waals surface area (Å²) in [6, 6.07) is 1.81. The standard InChI is InChI=1S/C16H25N3O/c1-2-18-12-13(17)11-14(18)15(20)19-9-7-16(8-10-19)5-3-4-6-16/h11-12H,2-10,17H2,1H3. The zero-order valence-electron chi connectivity index (χ0n) is 12.4. The fourth-order valence-electron chi connectivity index (χ4n) is 3.94. The molecule has 1 spiro atoms. The van der Waals surface area contributed by atoms with Crippen molar-refractivity contribution in [1.82, 2.24) is 9.47 Å². The monoisotopic (exact) mass is 275 g/mol. The van der Waals surface area contributed by atoms with Gasteiger partial charge in [-0.05, 0) is 44.1 Å². The van der Waals surface area contributed by atoms with Crippen LogP contribution >= 0.6 is 0 Å². The van der Waals surface area contributed by atoms with E-state index >= 15 is 0 Å². The first kappa shape index (κ1) is 13.5. The van der Waals surface area contributed by atoms with Crippen LogP contribution in [0.3, 0.4) is 0 Å². The van der Waals surface area contributed by atoms with E-state index in [9.17, 15) is 4.79 Å². The van der Waals surface area contributed by atoms with Gasteiger partial charge >= 0.3 is 0 Å². The van der Waals surface area contributed by atoms with Gasteiger partial charge in [-0.15, -0.1) is 0 Å². The molecule has 1 aromatic heterocycles. The molecule has 2 heterocycles. The molecule has 0 radical (unpaired) electrons. The molecule has 1 aliphatic carbocycles. The number of nitrogen functional groups attached to an aromatic ring is 1. The maximum absolute atomic E-state index is 12.6. The molecule has 1 amide bonds. The molecule has 0 bridgehead atoms.